The van der Waals surface area contributed by atoms with Gasteiger partial charge < -0.3 is 4.74 Å². The lowest BCUT2D eigenvalue weighted by Crippen LogP contribution is -2.43. The highest BCUT2D eigenvalue weighted by atomic mass is 16.5. The van der Waals surface area contributed by atoms with Crippen LogP contribution in [0.1, 0.15) is 118 Å². The Bertz CT molecular complexity index is 697. The second-order valence-corrected chi connectivity index (χ2v) is 12.7. The van der Waals surface area contributed by atoms with Gasteiger partial charge in [0.05, 0.1) is 12.7 Å². The second kappa shape index (κ2) is 13.4. The van der Waals surface area contributed by atoms with Crippen molar-refractivity contribution in [2.45, 2.75) is 124 Å². The summed E-state index contributed by atoms with van der Waals surface area (Å²) in [6.45, 7) is 13.2. The molecule has 0 aromatic carbocycles. The molecule has 0 amide bonds. The summed E-state index contributed by atoms with van der Waals surface area (Å²) >= 11 is 0. The van der Waals surface area contributed by atoms with Crippen LogP contribution in [0.5, 0.6) is 0 Å². The molecule has 4 nitrogen and oxygen atoms in total. The first-order valence-electron chi connectivity index (χ1n) is 14.7. The van der Waals surface area contributed by atoms with Crippen molar-refractivity contribution in [3.05, 3.63) is 22.1 Å². The van der Waals surface area contributed by atoms with Crippen LogP contribution in [0.25, 0.3) is 10.4 Å². The van der Waals surface area contributed by atoms with Gasteiger partial charge in [-0.1, -0.05) is 83.5 Å². The van der Waals surface area contributed by atoms with E-state index in [-0.39, 0.29) is 6.10 Å². The molecule has 7 atom stereocenters. The highest BCUT2D eigenvalue weighted by molar-refractivity contribution is 5.15. The molecule has 0 aromatic rings. The number of nitrogens with zero attached hydrogens (tertiary/aromatic N) is 3. The summed E-state index contributed by atoms with van der Waals surface area (Å²) in [6.07, 6.45) is 20.2. The molecule has 4 heteroatoms. The lowest BCUT2D eigenvalue weighted by Gasteiger charge is -2.51. The lowest BCUT2D eigenvalue weighted by molar-refractivity contribution is -0.00807. The Balaban J connectivity index is 1.57. The summed E-state index contributed by atoms with van der Waals surface area (Å²) in [6, 6.07) is 0. The highest BCUT2D eigenvalue weighted by Gasteiger charge is 2.54. The van der Waals surface area contributed by atoms with Gasteiger partial charge in [-0.2, -0.15) is 0 Å². The van der Waals surface area contributed by atoms with Crippen LogP contribution in [0, 0.1) is 40.9 Å². The molecule has 0 saturated heterocycles. The smallest absolute Gasteiger partial charge is 0.0612 e. The first kappa shape index (κ1) is 27.6. The number of hydrogen-bond donors (Lipinski definition) is 0. The fourth-order valence-corrected chi connectivity index (χ4v) is 8.16. The summed E-state index contributed by atoms with van der Waals surface area (Å²) in [5.74, 6) is 5.42. The standard InChI is InChI=1S/C30H53N3O/c1-6-7-11-26(34-19-18-32-33-31)21-24-12-13-27-25(20-24)16-17-30(5)28(14-15-29(27)30)23(4)10-8-9-22(2)3/h12,22-23,25-29H,6-11,13-21H2,1-5H3/t23-,25?,26+,27?,28-,29?,30-/m1/s1. The summed E-state index contributed by atoms with van der Waals surface area (Å²) in [5, 5.41) is 3.65. The minimum absolute atomic E-state index is 0.285. The molecule has 3 rings (SSSR count). The Morgan fingerprint density at radius 3 is 2.71 bits per heavy atom. The van der Waals surface area contributed by atoms with E-state index in [2.05, 4.69) is 50.7 Å². The second-order valence-electron chi connectivity index (χ2n) is 12.7. The molecule has 194 valence electrons. The molecule has 0 spiro atoms. The van der Waals surface area contributed by atoms with Gasteiger partial charge in [0.2, 0.25) is 0 Å². The van der Waals surface area contributed by atoms with Crippen LogP contribution in [0.2, 0.25) is 0 Å². The van der Waals surface area contributed by atoms with E-state index in [1.165, 1.54) is 70.6 Å². The summed E-state index contributed by atoms with van der Waals surface area (Å²) in [4.78, 5) is 2.86. The van der Waals surface area contributed by atoms with Crippen LogP contribution in [0.15, 0.2) is 16.8 Å². The van der Waals surface area contributed by atoms with Crippen molar-refractivity contribution in [2.75, 3.05) is 13.2 Å². The third kappa shape index (κ3) is 7.03. The zero-order valence-electron chi connectivity index (χ0n) is 23.0. The van der Waals surface area contributed by atoms with E-state index in [1.807, 2.05) is 0 Å². The average molecular weight is 472 g/mol. The topological polar surface area (TPSA) is 58.0 Å². The molecule has 3 unspecified atom stereocenters. The summed E-state index contributed by atoms with van der Waals surface area (Å²) in [7, 11) is 0. The molecule has 3 aliphatic rings. The number of unbranched alkanes of at least 4 members (excludes halogenated alkanes) is 1. The van der Waals surface area contributed by atoms with E-state index >= 15 is 0 Å². The molecule has 0 bridgehead atoms. The molecule has 3 aliphatic carbocycles. The molecule has 2 saturated carbocycles. The van der Waals surface area contributed by atoms with Crippen molar-refractivity contribution >= 4 is 0 Å². The number of hydrogen-bond acceptors (Lipinski definition) is 2. The van der Waals surface area contributed by atoms with Crippen molar-refractivity contribution in [3.63, 3.8) is 0 Å². The molecule has 0 aromatic heterocycles. The van der Waals surface area contributed by atoms with Gasteiger partial charge in [-0.15, -0.1) is 0 Å². The van der Waals surface area contributed by atoms with Crippen molar-refractivity contribution < 1.29 is 4.74 Å². The molecule has 0 radical (unpaired) electrons. The van der Waals surface area contributed by atoms with E-state index in [0.29, 0.717) is 18.6 Å². The van der Waals surface area contributed by atoms with Gasteiger partial charge in [0, 0.05) is 11.5 Å². The van der Waals surface area contributed by atoms with Crippen LogP contribution in [0.3, 0.4) is 0 Å². The number of azide groups is 1. The van der Waals surface area contributed by atoms with Gasteiger partial charge in [0.25, 0.3) is 0 Å². The summed E-state index contributed by atoms with van der Waals surface area (Å²) in [5.41, 5.74) is 10.8. The quantitative estimate of drug-likeness (QED) is 0.0817. The Morgan fingerprint density at radius 2 is 1.97 bits per heavy atom. The van der Waals surface area contributed by atoms with E-state index < -0.39 is 0 Å². The maximum Gasteiger partial charge on any atom is 0.0612 e. The van der Waals surface area contributed by atoms with Gasteiger partial charge in [-0.3, -0.25) is 0 Å². The van der Waals surface area contributed by atoms with Crippen LogP contribution in [-0.2, 0) is 4.74 Å². The predicted octanol–water partition coefficient (Wildman–Crippen LogP) is 9.50. The monoisotopic (exact) mass is 471 g/mol. The van der Waals surface area contributed by atoms with Crippen molar-refractivity contribution in [3.8, 4) is 0 Å². The van der Waals surface area contributed by atoms with Gasteiger partial charge >= 0.3 is 0 Å². The third-order valence-corrected chi connectivity index (χ3v) is 9.97. The average Bonchev–Trinajstić information content (AvgIpc) is 3.17. The molecule has 0 heterocycles. The minimum atomic E-state index is 0.285. The van der Waals surface area contributed by atoms with Crippen molar-refractivity contribution in [2.24, 2.45) is 46.0 Å². The molecular formula is C30H53N3O. The van der Waals surface area contributed by atoms with E-state index in [1.54, 1.807) is 5.57 Å². The Morgan fingerprint density at radius 1 is 1.15 bits per heavy atom. The third-order valence-electron chi connectivity index (χ3n) is 9.97. The SMILES string of the molecule is CCCC[C@@H](CC1=CCC2C(CC[C@@]3(C)C2CC[C@@H]3[C@H](C)CCCC(C)C)C1)OCCN=[N+]=[N-]. The maximum atomic E-state index is 8.53. The normalized spacial score (nSPS) is 32.5. The van der Waals surface area contributed by atoms with Crippen molar-refractivity contribution in [1.82, 2.24) is 0 Å². The number of ether oxygens (including phenoxy) is 1. The van der Waals surface area contributed by atoms with Crippen LogP contribution < -0.4 is 0 Å². The van der Waals surface area contributed by atoms with Crippen molar-refractivity contribution in [1.29, 1.82) is 0 Å². The number of fused-ring (bicyclic) bond motifs is 3. The largest absolute Gasteiger partial charge is 0.378 e. The first-order valence-corrected chi connectivity index (χ1v) is 14.7. The van der Waals surface area contributed by atoms with Crippen LogP contribution >= 0.6 is 0 Å². The molecule has 2 fully saturated rings. The zero-order valence-corrected chi connectivity index (χ0v) is 23.0. The van der Waals surface area contributed by atoms with Gasteiger partial charge in [0.15, 0.2) is 0 Å². The van der Waals surface area contributed by atoms with E-state index in [0.717, 1.165) is 48.3 Å². The van der Waals surface area contributed by atoms with Crippen LogP contribution in [-0.4, -0.2) is 19.3 Å². The van der Waals surface area contributed by atoms with Crippen LogP contribution in [0.4, 0.5) is 0 Å². The molecule has 0 N–H and O–H groups in total. The number of rotatable bonds is 14. The molecule has 34 heavy (non-hydrogen) atoms. The Kier molecular flexibility index (Phi) is 10.8. The zero-order chi connectivity index (χ0) is 24.6. The fourth-order valence-electron chi connectivity index (χ4n) is 8.16. The first-order chi connectivity index (χ1) is 16.4. The molecule has 0 aliphatic heterocycles. The Labute approximate surface area is 210 Å². The number of allylic oxidation sites excluding steroid dienone is 1. The maximum absolute atomic E-state index is 8.53. The van der Waals surface area contributed by atoms with E-state index in [9.17, 15) is 0 Å². The minimum Gasteiger partial charge on any atom is -0.378 e. The highest BCUT2D eigenvalue weighted by Crippen LogP contribution is 2.63. The predicted molar refractivity (Wildman–Crippen MR) is 144 cm³/mol. The fraction of sp³-hybridized carbons (Fsp3) is 0.933. The summed E-state index contributed by atoms with van der Waals surface area (Å²) < 4.78 is 6.15. The van der Waals surface area contributed by atoms with E-state index in [4.69, 9.17) is 10.3 Å². The van der Waals surface area contributed by atoms with Gasteiger partial charge in [-0.25, -0.2) is 0 Å². The molecular weight excluding hydrogens is 418 g/mol. The van der Waals surface area contributed by atoms with Gasteiger partial charge in [0.1, 0.15) is 0 Å². The lowest BCUT2D eigenvalue weighted by atomic mass is 9.54. The Hall–Kier alpha value is -0.990. The van der Waals surface area contributed by atoms with Gasteiger partial charge in [-0.05, 0) is 97.8 Å².